The third-order valence-corrected chi connectivity index (χ3v) is 2.23. The van der Waals surface area contributed by atoms with Crippen LogP contribution in [0, 0.1) is 0 Å². The molecular formula is C9H19NO. The van der Waals surface area contributed by atoms with Crippen LogP contribution < -0.4 is 5.32 Å². The Labute approximate surface area is 69.3 Å². The summed E-state index contributed by atoms with van der Waals surface area (Å²) in [5.41, 5.74) is 0. The predicted molar refractivity (Wildman–Crippen MR) is 46.8 cm³/mol. The molecule has 0 aliphatic heterocycles. The standard InChI is InChI=1S/C9H19NO/c1-10-7-4-8-11-9-5-2-3-6-9/h9-10H,2-8H2,1H3. The lowest BCUT2D eigenvalue weighted by molar-refractivity contribution is 0.0571. The average Bonchev–Trinajstić information content (AvgIpc) is 2.50. The van der Waals surface area contributed by atoms with Crippen molar-refractivity contribution in [3.63, 3.8) is 0 Å². The van der Waals surface area contributed by atoms with Crippen LogP contribution in [0.5, 0.6) is 0 Å². The SMILES string of the molecule is CNCCCOC1CCCC1. The van der Waals surface area contributed by atoms with Crippen LogP contribution in [0.1, 0.15) is 32.1 Å². The zero-order valence-corrected chi connectivity index (χ0v) is 7.44. The highest BCUT2D eigenvalue weighted by atomic mass is 16.5. The zero-order valence-electron chi connectivity index (χ0n) is 7.44. The number of nitrogens with one attached hydrogen (secondary N) is 1. The highest BCUT2D eigenvalue weighted by molar-refractivity contribution is 4.66. The Balaban J connectivity index is 1.86. The topological polar surface area (TPSA) is 21.3 Å². The molecule has 1 N–H and O–H groups in total. The summed E-state index contributed by atoms with van der Waals surface area (Å²) < 4.78 is 5.66. The molecule has 66 valence electrons. The maximum atomic E-state index is 5.66. The van der Waals surface area contributed by atoms with E-state index in [4.69, 9.17) is 4.74 Å². The summed E-state index contributed by atoms with van der Waals surface area (Å²) in [5.74, 6) is 0. The van der Waals surface area contributed by atoms with Crippen molar-refractivity contribution in [3.8, 4) is 0 Å². The van der Waals surface area contributed by atoms with E-state index in [1.165, 1.54) is 25.7 Å². The van der Waals surface area contributed by atoms with Gasteiger partial charge in [0.05, 0.1) is 6.10 Å². The lowest BCUT2D eigenvalue weighted by Crippen LogP contribution is -2.14. The third-order valence-electron chi connectivity index (χ3n) is 2.23. The van der Waals surface area contributed by atoms with Gasteiger partial charge in [-0.3, -0.25) is 0 Å². The smallest absolute Gasteiger partial charge is 0.0575 e. The Morgan fingerprint density at radius 2 is 2.09 bits per heavy atom. The van der Waals surface area contributed by atoms with Crippen molar-refractivity contribution in [2.45, 2.75) is 38.2 Å². The van der Waals surface area contributed by atoms with E-state index in [2.05, 4.69) is 5.32 Å². The van der Waals surface area contributed by atoms with Crippen molar-refractivity contribution in [1.29, 1.82) is 0 Å². The van der Waals surface area contributed by atoms with E-state index in [1.54, 1.807) is 0 Å². The summed E-state index contributed by atoms with van der Waals surface area (Å²) in [6.45, 7) is 2.01. The van der Waals surface area contributed by atoms with Crippen LogP contribution in [-0.4, -0.2) is 26.3 Å². The van der Waals surface area contributed by atoms with Crippen molar-refractivity contribution in [3.05, 3.63) is 0 Å². The van der Waals surface area contributed by atoms with Crippen molar-refractivity contribution < 1.29 is 4.74 Å². The zero-order chi connectivity index (χ0) is 7.94. The molecule has 2 nitrogen and oxygen atoms in total. The molecule has 0 aromatic rings. The fraction of sp³-hybridized carbons (Fsp3) is 1.00. The molecule has 1 fully saturated rings. The van der Waals surface area contributed by atoms with Crippen molar-refractivity contribution in [1.82, 2.24) is 5.32 Å². The lowest BCUT2D eigenvalue weighted by Gasteiger charge is -2.09. The van der Waals surface area contributed by atoms with Gasteiger partial charge in [-0.2, -0.15) is 0 Å². The maximum Gasteiger partial charge on any atom is 0.0575 e. The van der Waals surface area contributed by atoms with E-state index in [9.17, 15) is 0 Å². The molecule has 0 radical (unpaired) electrons. The maximum absolute atomic E-state index is 5.66. The number of rotatable bonds is 5. The Bertz CT molecular complexity index is 89.6. The molecule has 11 heavy (non-hydrogen) atoms. The van der Waals surface area contributed by atoms with Crippen LogP contribution in [-0.2, 0) is 4.74 Å². The van der Waals surface area contributed by atoms with Gasteiger partial charge in [-0.1, -0.05) is 12.8 Å². The van der Waals surface area contributed by atoms with Crippen LogP contribution in [0.15, 0.2) is 0 Å². The minimum absolute atomic E-state index is 0.590. The van der Waals surface area contributed by atoms with Crippen LogP contribution in [0.2, 0.25) is 0 Å². The van der Waals surface area contributed by atoms with Gasteiger partial charge in [-0.05, 0) is 32.9 Å². The van der Waals surface area contributed by atoms with E-state index in [1.807, 2.05) is 7.05 Å². The van der Waals surface area contributed by atoms with Gasteiger partial charge < -0.3 is 10.1 Å². The molecule has 0 heterocycles. The molecule has 0 saturated heterocycles. The van der Waals surface area contributed by atoms with Crippen molar-refractivity contribution in [2.24, 2.45) is 0 Å². The molecule has 0 bridgehead atoms. The van der Waals surface area contributed by atoms with Crippen LogP contribution in [0.4, 0.5) is 0 Å². The normalized spacial score (nSPS) is 19.4. The Morgan fingerprint density at radius 1 is 1.36 bits per heavy atom. The van der Waals surface area contributed by atoms with Gasteiger partial charge in [0.15, 0.2) is 0 Å². The second kappa shape index (κ2) is 5.56. The van der Waals surface area contributed by atoms with Crippen molar-refractivity contribution >= 4 is 0 Å². The third kappa shape index (κ3) is 3.73. The Kier molecular flexibility index (Phi) is 4.55. The number of hydrogen-bond donors (Lipinski definition) is 1. The Hall–Kier alpha value is -0.0800. The first kappa shape index (κ1) is 9.01. The first-order valence-electron chi connectivity index (χ1n) is 4.69. The van der Waals surface area contributed by atoms with Gasteiger partial charge in [-0.25, -0.2) is 0 Å². The second-order valence-electron chi connectivity index (χ2n) is 3.23. The van der Waals surface area contributed by atoms with E-state index < -0.39 is 0 Å². The summed E-state index contributed by atoms with van der Waals surface area (Å²) in [7, 11) is 1.98. The van der Waals surface area contributed by atoms with Gasteiger partial charge >= 0.3 is 0 Å². The monoisotopic (exact) mass is 157 g/mol. The first-order valence-corrected chi connectivity index (χ1v) is 4.69. The fourth-order valence-electron chi connectivity index (χ4n) is 1.55. The first-order chi connectivity index (χ1) is 5.43. The summed E-state index contributed by atoms with van der Waals surface area (Å²) >= 11 is 0. The minimum Gasteiger partial charge on any atom is -0.378 e. The summed E-state index contributed by atoms with van der Waals surface area (Å²) in [4.78, 5) is 0. The molecule has 0 aromatic carbocycles. The summed E-state index contributed by atoms with van der Waals surface area (Å²) in [5, 5.41) is 3.11. The molecule has 0 unspecified atom stereocenters. The van der Waals surface area contributed by atoms with Gasteiger partial charge in [0.2, 0.25) is 0 Å². The Morgan fingerprint density at radius 3 is 2.73 bits per heavy atom. The second-order valence-corrected chi connectivity index (χ2v) is 3.23. The van der Waals surface area contributed by atoms with Gasteiger partial charge in [0.1, 0.15) is 0 Å². The van der Waals surface area contributed by atoms with Gasteiger partial charge in [0.25, 0.3) is 0 Å². The minimum atomic E-state index is 0.590. The molecule has 1 rings (SSSR count). The van der Waals surface area contributed by atoms with Gasteiger partial charge in [0, 0.05) is 6.61 Å². The van der Waals surface area contributed by atoms with Crippen molar-refractivity contribution in [2.75, 3.05) is 20.2 Å². The summed E-state index contributed by atoms with van der Waals surface area (Å²) in [6.07, 6.45) is 7.06. The predicted octanol–water partition coefficient (Wildman–Crippen LogP) is 1.56. The molecule has 0 atom stereocenters. The fourth-order valence-corrected chi connectivity index (χ4v) is 1.55. The summed E-state index contributed by atoms with van der Waals surface area (Å²) in [6, 6.07) is 0. The molecule has 0 aromatic heterocycles. The van der Waals surface area contributed by atoms with E-state index in [0.717, 1.165) is 19.6 Å². The molecule has 1 aliphatic carbocycles. The van der Waals surface area contributed by atoms with E-state index in [0.29, 0.717) is 6.10 Å². The quantitative estimate of drug-likeness (QED) is 0.611. The van der Waals surface area contributed by atoms with Crippen LogP contribution in [0.25, 0.3) is 0 Å². The largest absolute Gasteiger partial charge is 0.378 e. The molecule has 0 spiro atoms. The van der Waals surface area contributed by atoms with E-state index >= 15 is 0 Å². The average molecular weight is 157 g/mol. The molecule has 0 amide bonds. The molecule has 1 aliphatic rings. The van der Waals surface area contributed by atoms with Crippen LogP contribution in [0.3, 0.4) is 0 Å². The molecule has 2 heteroatoms. The molecular weight excluding hydrogens is 138 g/mol. The number of ether oxygens (including phenoxy) is 1. The van der Waals surface area contributed by atoms with E-state index in [-0.39, 0.29) is 0 Å². The highest BCUT2D eigenvalue weighted by Gasteiger charge is 2.14. The van der Waals surface area contributed by atoms with Gasteiger partial charge in [-0.15, -0.1) is 0 Å². The highest BCUT2D eigenvalue weighted by Crippen LogP contribution is 2.20. The molecule has 1 saturated carbocycles. The van der Waals surface area contributed by atoms with Crippen LogP contribution >= 0.6 is 0 Å². The lowest BCUT2D eigenvalue weighted by atomic mass is 10.3. The number of hydrogen-bond acceptors (Lipinski definition) is 2.